The van der Waals surface area contributed by atoms with E-state index in [4.69, 9.17) is 0 Å². The second kappa shape index (κ2) is 18.0. The fourth-order valence-electron chi connectivity index (χ4n) is 4.57. The van der Waals surface area contributed by atoms with E-state index in [1.165, 1.54) is 121 Å². The number of hydrogen-bond acceptors (Lipinski definition) is 0. The van der Waals surface area contributed by atoms with Crippen molar-refractivity contribution in [3.05, 3.63) is 18.2 Å². The van der Waals surface area contributed by atoms with Gasteiger partial charge in [-0.3, -0.25) is 0 Å². The molecule has 1 rings (SSSR count). The van der Waals surface area contributed by atoms with E-state index in [1.807, 2.05) is 0 Å². The predicted molar refractivity (Wildman–Crippen MR) is 129 cm³/mol. The zero-order valence-corrected chi connectivity index (χ0v) is 20.5. The van der Waals surface area contributed by atoms with Crippen molar-refractivity contribution >= 4 is 0 Å². The van der Waals surface area contributed by atoms with Gasteiger partial charge in [0.2, 0.25) is 0 Å². The number of imidazole rings is 1. The zero-order valence-electron chi connectivity index (χ0n) is 20.5. The Kier molecular flexibility index (Phi) is 16.3. The summed E-state index contributed by atoms with van der Waals surface area (Å²) in [5, 5.41) is 0. The Morgan fingerprint density at radius 2 is 1.10 bits per heavy atom. The lowest BCUT2D eigenvalue weighted by Crippen LogP contribution is -2.40. The van der Waals surface area contributed by atoms with Crippen LogP contribution in [0.25, 0.3) is 0 Å². The summed E-state index contributed by atoms with van der Waals surface area (Å²) < 4.78 is 2.51. The number of rotatable bonds is 20. The van der Waals surface area contributed by atoms with Crippen LogP contribution in [0.3, 0.4) is 0 Å². The number of aromatic amines is 1. The highest BCUT2D eigenvalue weighted by atomic mass is 15.1. The van der Waals surface area contributed by atoms with Gasteiger partial charge >= 0.3 is 0 Å². The average Bonchev–Trinajstić information content (AvgIpc) is 3.22. The number of aromatic nitrogens is 2. The van der Waals surface area contributed by atoms with Crippen LogP contribution in [-0.2, 0) is 0 Å². The minimum Gasteiger partial charge on any atom is -0.247 e. The fourth-order valence-corrected chi connectivity index (χ4v) is 4.57. The summed E-state index contributed by atoms with van der Waals surface area (Å²) in [5.41, 5.74) is 0. The Bertz CT molecular complexity index is 465. The van der Waals surface area contributed by atoms with E-state index in [0.717, 1.165) is 0 Å². The average molecular weight is 406 g/mol. The highest BCUT2D eigenvalue weighted by Crippen LogP contribution is 2.21. The Hall–Kier alpha value is -0.790. The van der Waals surface area contributed by atoms with E-state index in [-0.39, 0.29) is 0 Å². The van der Waals surface area contributed by atoms with Crippen LogP contribution in [0.1, 0.15) is 161 Å². The Morgan fingerprint density at radius 3 is 1.66 bits per heavy atom. The molecular formula is C27H53N2+. The normalized spacial score (nSPS) is 13.7. The van der Waals surface area contributed by atoms with E-state index in [9.17, 15) is 0 Å². The highest BCUT2D eigenvalue weighted by molar-refractivity contribution is 4.87. The molecule has 1 heterocycles. The van der Waals surface area contributed by atoms with Gasteiger partial charge in [0, 0.05) is 0 Å². The Labute approximate surface area is 183 Å². The summed E-state index contributed by atoms with van der Waals surface area (Å²) >= 11 is 0. The van der Waals surface area contributed by atoms with Gasteiger partial charge < -0.3 is 0 Å². The van der Waals surface area contributed by atoms with Gasteiger partial charge in [-0.25, -0.2) is 9.55 Å². The van der Waals surface area contributed by atoms with Crippen molar-refractivity contribution in [2.45, 2.75) is 155 Å². The summed E-state index contributed by atoms with van der Waals surface area (Å²) in [4.78, 5) is 3.54. The second-order valence-corrected chi connectivity index (χ2v) is 9.53. The van der Waals surface area contributed by atoms with Crippen LogP contribution in [0, 0.1) is 0 Å². The third-order valence-corrected chi connectivity index (χ3v) is 6.65. The van der Waals surface area contributed by atoms with Gasteiger partial charge in [0.25, 0.3) is 5.82 Å². The molecule has 0 bridgehead atoms. The molecule has 0 aliphatic heterocycles. The summed E-state index contributed by atoms with van der Waals surface area (Å²) in [7, 11) is 0. The monoisotopic (exact) mass is 405 g/mol. The van der Waals surface area contributed by atoms with Gasteiger partial charge in [0.15, 0.2) is 0 Å². The van der Waals surface area contributed by atoms with Crippen molar-refractivity contribution in [3.63, 3.8) is 0 Å². The lowest BCUT2D eigenvalue weighted by atomic mass is 10.00. The number of nitrogens with one attached hydrogen (secondary N) is 1. The van der Waals surface area contributed by atoms with Crippen LogP contribution >= 0.6 is 0 Å². The van der Waals surface area contributed by atoms with Crippen molar-refractivity contribution in [1.29, 1.82) is 0 Å². The zero-order chi connectivity index (χ0) is 21.2. The largest absolute Gasteiger partial charge is 0.257 e. The molecule has 0 saturated heterocycles. The minimum absolute atomic E-state index is 0.623. The number of unbranched alkanes of at least 4 members (excludes halogenated alkanes) is 14. The van der Waals surface area contributed by atoms with Gasteiger partial charge in [-0.15, -0.1) is 0 Å². The first-order chi connectivity index (χ1) is 14.2. The molecule has 0 aromatic carbocycles. The van der Waals surface area contributed by atoms with Gasteiger partial charge in [0.05, 0.1) is 12.0 Å². The second-order valence-electron chi connectivity index (χ2n) is 9.53. The van der Waals surface area contributed by atoms with Gasteiger partial charge in [0.1, 0.15) is 12.4 Å². The van der Waals surface area contributed by atoms with E-state index in [2.05, 4.69) is 49.6 Å². The van der Waals surface area contributed by atoms with Gasteiger partial charge in [-0.2, -0.15) is 0 Å². The van der Waals surface area contributed by atoms with Crippen molar-refractivity contribution < 1.29 is 4.57 Å². The topological polar surface area (TPSA) is 19.7 Å². The van der Waals surface area contributed by atoms with Crippen molar-refractivity contribution in [2.75, 3.05) is 0 Å². The number of nitrogens with zero attached hydrogens (tertiary/aromatic N) is 1. The Morgan fingerprint density at radius 1 is 0.655 bits per heavy atom. The summed E-state index contributed by atoms with van der Waals surface area (Å²) in [6, 6.07) is 0.623. The molecule has 170 valence electrons. The first kappa shape index (κ1) is 26.2. The molecule has 2 heteroatoms. The van der Waals surface area contributed by atoms with E-state index in [0.29, 0.717) is 12.0 Å². The third-order valence-electron chi connectivity index (χ3n) is 6.65. The fraction of sp³-hybridized carbons (Fsp3) is 0.889. The first-order valence-electron chi connectivity index (χ1n) is 13.3. The predicted octanol–water partition coefficient (Wildman–Crippen LogP) is 9.03. The molecule has 1 aromatic rings. The van der Waals surface area contributed by atoms with Crippen molar-refractivity contribution in [2.24, 2.45) is 0 Å². The molecule has 0 aliphatic rings. The molecular weight excluding hydrogens is 352 g/mol. The first-order valence-corrected chi connectivity index (χ1v) is 13.3. The summed E-state index contributed by atoms with van der Waals surface area (Å²) in [6.45, 7) is 9.39. The molecule has 1 N–H and O–H groups in total. The van der Waals surface area contributed by atoms with Crippen molar-refractivity contribution in [3.8, 4) is 0 Å². The maximum absolute atomic E-state index is 3.54. The lowest BCUT2D eigenvalue weighted by molar-refractivity contribution is -0.727. The maximum Gasteiger partial charge on any atom is 0.257 e. The molecule has 0 saturated carbocycles. The van der Waals surface area contributed by atoms with Crippen LogP contribution in [0.5, 0.6) is 0 Å². The highest BCUT2D eigenvalue weighted by Gasteiger charge is 2.21. The SMILES string of the molecule is CCCCCCCCCCCCCCC(C)c1[nH]cc[n+]1C(C)CCCCCC. The molecule has 2 atom stereocenters. The third kappa shape index (κ3) is 12.5. The van der Waals surface area contributed by atoms with E-state index >= 15 is 0 Å². The molecule has 2 unspecified atom stereocenters. The molecule has 29 heavy (non-hydrogen) atoms. The molecule has 0 amide bonds. The van der Waals surface area contributed by atoms with Crippen LogP contribution in [0.15, 0.2) is 12.4 Å². The maximum atomic E-state index is 3.54. The van der Waals surface area contributed by atoms with E-state index < -0.39 is 0 Å². The molecule has 2 nitrogen and oxygen atoms in total. The van der Waals surface area contributed by atoms with Gasteiger partial charge in [-0.1, -0.05) is 117 Å². The van der Waals surface area contributed by atoms with Crippen LogP contribution in [0.4, 0.5) is 0 Å². The Balaban J connectivity index is 2.09. The van der Waals surface area contributed by atoms with E-state index in [1.54, 1.807) is 0 Å². The molecule has 0 radical (unpaired) electrons. The number of hydrogen-bond donors (Lipinski definition) is 1. The number of H-pyrrole nitrogens is 1. The van der Waals surface area contributed by atoms with Crippen LogP contribution in [0.2, 0.25) is 0 Å². The quantitative estimate of drug-likeness (QED) is 0.165. The van der Waals surface area contributed by atoms with Crippen molar-refractivity contribution in [1.82, 2.24) is 4.98 Å². The summed E-state index contributed by atoms with van der Waals surface area (Å²) in [5.74, 6) is 2.09. The standard InChI is InChI=1S/C27H52N2/c1-5-7-9-11-12-13-14-15-16-17-18-19-21-25(3)27-28-23-24-29(27)26(4)22-20-10-8-6-2/h23-26H,5-22H2,1-4H3/p+1. The smallest absolute Gasteiger partial charge is 0.247 e. The summed E-state index contributed by atoms with van der Waals surface area (Å²) in [6.07, 6.45) is 29.7. The molecule has 0 fully saturated rings. The lowest BCUT2D eigenvalue weighted by Gasteiger charge is -2.14. The van der Waals surface area contributed by atoms with Gasteiger partial charge in [-0.05, 0) is 26.2 Å². The van der Waals surface area contributed by atoms with Crippen LogP contribution < -0.4 is 4.57 Å². The van der Waals surface area contributed by atoms with Crippen LogP contribution in [-0.4, -0.2) is 4.98 Å². The minimum atomic E-state index is 0.623. The molecule has 0 aliphatic carbocycles. The molecule has 0 spiro atoms. The molecule has 1 aromatic heterocycles.